The first kappa shape index (κ1) is 18.4. The first-order valence-corrected chi connectivity index (χ1v) is 7.82. The minimum atomic E-state index is -0.453. The molecule has 25 heavy (non-hydrogen) atoms. The molecule has 0 fully saturated rings. The van der Waals surface area contributed by atoms with Gasteiger partial charge in [0.2, 0.25) is 0 Å². The largest absolute Gasteiger partial charge is 0.462 e. The first-order chi connectivity index (χ1) is 11.8. The highest BCUT2D eigenvalue weighted by Crippen LogP contribution is 2.19. The molecule has 1 aromatic carbocycles. The molecule has 6 nitrogen and oxygen atoms in total. The molecule has 2 rings (SSSR count). The summed E-state index contributed by atoms with van der Waals surface area (Å²) in [5, 5.41) is 4.05. The van der Waals surface area contributed by atoms with Crippen LogP contribution in [-0.2, 0) is 4.74 Å². The van der Waals surface area contributed by atoms with Crippen molar-refractivity contribution in [1.82, 2.24) is 10.4 Å². The minimum Gasteiger partial charge on any atom is -0.462 e. The summed E-state index contributed by atoms with van der Waals surface area (Å²) in [5.74, 6) is -1.27. The van der Waals surface area contributed by atoms with Gasteiger partial charge in [-0.05, 0) is 57.5 Å². The van der Waals surface area contributed by atoms with Crippen molar-refractivity contribution >= 4 is 17.6 Å². The second-order valence-corrected chi connectivity index (χ2v) is 5.49. The van der Waals surface area contributed by atoms with Gasteiger partial charge in [0, 0.05) is 11.3 Å². The van der Waals surface area contributed by atoms with Gasteiger partial charge in [0.15, 0.2) is 0 Å². The summed E-state index contributed by atoms with van der Waals surface area (Å²) < 4.78 is 17.9. The van der Waals surface area contributed by atoms with E-state index in [0.29, 0.717) is 40.4 Å². The van der Waals surface area contributed by atoms with Crippen molar-refractivity contribution in [3.63, 3.8) is 0 Å². The maximum atomic E-state index is 12.9. The van der Waals surface area contributed by atoms with Crippen LogP contribution in [-0.4, -0.2) is 29.2 Å². The lowest BCUT2D eigenvalue weighted by molar-refractivity contribution is 0.0525. The van der Waals surface area contributed by atoms with E-state index in [4.69, 9.17) is 4.74 Å². The van der Waals surface area contributed by atoms with Crippen LogP contribution in [0.1, 0.15) is 51.5 Å². The lowest BCUT2D eigenvalue weighted by Gasteiger charge is -2.04. The zero-order valence-corrected chi connectivity index (χ0v) is 14.6. The standard InChI is InChI=1S/C18H20FN3O3/c1-5-25-18(24)15-10(2)16(20-11(15)3)12(4)21-22-17(23)13-6-8-14(19)9-7-13/h6-9,20H,5H2,1-4H3,(H,22,23)/b21-12+. The number of carbonyl (C=O) groups excluding carboxylic acids is 2. The molecule has 1 heterocycles. The lowest BCUT2D eigenvalue weighted by Crippen LogP contribution is -2.19. The Bertz CT molecular complexity index is 823. The van der Waals surface area contributed by atoms with Crippen molar-refractivity contribution in [1.29, 1.82) is 0 Å². The third-order valence-electron chi connectivity index (χ3n) is 3.71. The number of benzene rings is 1. The Hall–Kier alpha value is -2.96. The van der Waals surface area contributed by atoms with E-state index in [1.54, 1.807) is 27.7 Å². The van der Waals surface area contributed by atoms with Gasteiger partial charge >= 0.3 is 5.97 Å². The Balaban J connectivity index is 2.19. The van der Waals surface area contributed by atoms with E-state index >= 15 is 0 Å². The van der Waals surface area contributed by atoms with Gasteiger partial charge in [-0.15, -0.1) is 0 Å². The molecule has 0 aliphatic heterocycles. The lowest BCUT2D eigenvalue weighted by atomic mass is 10.1. The maximum Gasteiger partial charge on any atom is 0.340 e. The van der Waals surface area contributed by atoms with Gasteiger partial charge in [-0.1, -0.05) is 0 Å². The number of amides is 1. The SMILES string of the molecule is CCOC(=O)c1c(C)[nH]c(/C(C)=N/NC(=O)c2ccc(F)cc2)c1C. The molecule has 2 N–H and O–H groups in total. The van der Waals surface area contributed by atoms with Crippen molar-refractivity contribution in [2.45, 2.75) is 27.7 Å². The fraction of sp³-hybridized carbons (Fsp3) is 0.278. The summed E-state index contributed by atoms with van der Waals surface area (Å²) in [6.45, 7) is 7.30. The minimum absolute atomic E-state index is 0.291. The Morgan fingerprint density at radius 1 is 1.24 bits per heavy atom. The molecule has 7 heteroatoms. The number of nitrogens with one attached hydrogen (secondary N) is 2. The number of aromatic nitrogens is 1. The van der Waals surface area contributed by atoms with Gasteiger partial charge in [0.1, 0.15) is 5.82 Å². The fourth-order valence-electron chi connectivity index (χ4n) is 2.48. The summed E-state index contributed by atoms with van der Waals surface area (Å²) in [6.07, 6.45) is 0. The molecule has 0 bridgehead atoms. The molecule has 0 aliphatic rings. The van der Waals surface area contributed by atoms with E-state index in [1.807, 2.05) is 0 Å². The fourth-order valence-corrected chi connectivity index (χ4v) is 2.48. The highest BCUT2D eigenvalue weighted by atomic mass is 19.1. The van der Waals surface area contributed by atoms with E-state index in [-0.39, 0.29) is 0 Å². The van der Waals surface area contributed by atoms with Crippen molar-refractivity contribution in [2.75, 3.05) is 6.61 Å². The van der Waals surface area contributed by atoms with Crippen LogP contribution in [0.15, 0.2) is 29.4 Å². The first-order valence-electron chi connectivity index (χ1n) is 7.82. The second-order valence-electron chi connectivity index (χ2n) is 5.49. The summed E-state index contributed by atoms with van der Waals surface area (Å²) in [6, 6.07) is 5.15. The average Bonchev–Trinajstić information content (AvgIpc) is 2.88. The smallest absolute Gasteiger partial charge is 0.340 e. The van der Waals surface area contributed by atoms with Gasteiger partial charge < -0.3 is 9.72 Å². The van der Waals surface area contributed by atoms with Crippen molar-refractivity contribution in [3.05, 3.63) is 58.2 Å². The van der Waals surface area contributed by atoms with Crippen LogP contribution in [0.3, 0.4) is 0 Å². The predicted octanol–water partition coefficient (Wildman–Crippen LogP) is 3.10. The maximum absolute atomic E-state index is 12.9. The average molecular weight is 345 g/mol. The number of esters is 1. The summed E-state index contributed by atoms with van der Waals surface area (Å²) in [5.41, 5.74) is 5.70. The topological polar surface area (TPSA) is 83.6 Å². The van der Waals surface area contributed by atoms with Crippen LogP contribution in [0.2, 0.25) is 0 Å². The Labute approximate surface area is 145 Å². The van der Waals surface area contributed by atoms with Crippen LogP contribution in [0.5, 0.6) is 0 Å². The van der Waals surface area contributed by atoms with Crippen LogP contribution >= 0.6 is 0 Å². The molecule has 2 aromatic rings. The summed E-state index contributed by atoms with van der Waals surface area (Å²) in [7, 11) is 0. The van der Waals surface area contributed by atoms with Crippen LogP contribution in [0, 0.1) is 19.7 Å². The van der Waals surface area contributed by atoms with Gasteiger partial charge in [0.05, 0.1) is 23.6 Å². The molecule has 0 saturated carbocycles. The summed E-state index contributed by atoms with van der Waals surface area (Å²) >= 11 is 0. The zero-order valence-electron chi connectivity index (χ0n) is 14.6. The predicted molar refractivity (Wildman–Crippen MR) is 92.3 cm³/mol. The third kappa shape index (κ3) is 4.12. The Morgan fingerprint density at radius 2 is 1.88 bits per heavy atom. The Kier molecular flexibility index (Phi) is 5.69. The number of hydrazone groups is 1. The number of aromatic amines is 1. The van der Waals surface area contributed by atoms with Gasteiger partial charge in [-0.3, -0.25) is 4.79 Å². The second kappa shape index (κ2) is 7.74. The van der Waals surface area contributed by atoms with Crippen LogP contribution in [0.4, 0.5) is 4.39 Å². The number of halogens is 1. The summed E-state index contributed by atoms with van der Waals surface area (Å²) in [4.78, 5) is 27.1. The number of rotatable bonds is 5. The van der Waals surface area contributed by atoms with E-state index in [9.17, 15) is 14.0 Å². The van der Waals surface area contributed by atoms with Gasteiger partial charge in [0.25, 0.3) is 5.91 Å². The normalized spacial score (nSPS) is 11.3. The van der Waals surface area contributed by atoms with Crippen LogP contribution in [0.25, 0.3) is 0 Å². The number of H-pyrrole nitrogens is 1. The van der Waals surface area contributed by atoms with Crippen molar-refractivity contribution in [2.24, 2.45) is 5.10 Å². The molecule has 1 amide bonds. The van der Waals surface area contributed by atoms with Crippen molar-refractivity contribution < 1.29 is 18.7 Å². The quantitative estimate of drug-likeness (QED) is 0.496. The highest BCUT2D eigenvalue weighted by Gasteiger charge is 2.20. The molecule has 1 aromatic heterocycles. The number of ether oxygens (including phenoxy) is 1. The molecular formula is C18H20FN3O3. The number of nitrogens with zero attached hydrogens (tertiary/aromatic N) is 1. The van der Waals surface area contributed by atoms with Crippen LogP contribution < -0.4 is 5.43 Å². The molecule has 132 valence electrons. The zero-order chi connectivity index (χ0) is 18.6. The van der Waals surface area contributed by atoms with E-state index in [2.05, 4.69) is 15.5 Å². The molecule has 0 aliphatic carbocycles. The van der Waals surface area contributed by atoms with Crippen molar-refractivity contribution in [3.8, 4) is 0 Å². The molecule has 0 spiro atoms. The monoisotopic (exact) mass is 345 g/mol. The third-order valence-corrected chi connectivity index (χ3v) is 3.71. The molecule has 0 unspecified atom stereocenters. The number of carbonyl (C=O) groups is 2. The molecule has 0 saturated heterocycles. The molecule has 0 radical (unpaired) electrons. The van der Waals surface area contributed by atoms with Gasteiger partial charge in [-0.25, -0.2) is 14.6 Å². The number of hydrogen-bond acceptors (Lipinski definition) is 4. The number of aryl methyl sites for hydroxylation is 1. The molecular weight excluding hydrogens is 325 g/mol. The highest BCUT2D eigenvalue weighted by molar-refractivity contribution is 6.04. The van der Waals surface area contributed by atoms with E-state index in [0.717, 1.165) is 0 Å². The van der Waals surface area contributed by atoms with E-state index < -0.39 is 17.7 Å². The molecule has 0 atom stereocenters. The van der Waals surface area contributed by atoms with Gasteiger partial charge in [-0.2, -0.15) is 5.10 Å². The number of hydrogen-bond donors (Lipinski definition) is 2. The Morgan fingerprint density at radius 3 is 2.48 bits per heavy atom. The van der Waals surface area contributed by atoms with E-state index in [1.165, 1.54) is 24.3 Å².